The van der Waals surface area contributed by atoms with E-state index in [-0.39, 0.29) is 11.7 Å². The Morgan fingerprint density at radius 2 is 1.81 bits per heavy atom. The maximum Gasteiger partial charge on any atom is 0.262 e. The highest BCUT2D eigenvalue weighted by Gasteiger charge is 2.19. The molecule has 2 aromatic carbocycles. The fourth-order valence-electron chi connectivity index (χ4n) is 2.44. The summed E-state index contributed by atoms with van der Waals surface area (Å²) in [6.45, 7) is 1.32. The van der Waals surface area contributed by atoms with Crippen LogP contribution in [0.15, 0.2) is 59.6 Å². The van der Waals surface area contributed by atoms with Crippen molar-refractivity contribution in [3.63, 3.8) is 0 Å². The molecule has 31 heavy (non-hydrogen) atoms. The Bertz CT molecular complexity index is 1320. The second-order valence-electron chi connectivity index (χ2n) is 6.21. The molecule has 0 saturated carbocycles. The van der Waals surface area contributed by atoms with Crippen LogP contribution in [-0.4, -0.2) is 19.3 Å². The smallest absolute Gasteiger partial charge is 0.262 e. The summed E-state index contributed by atoms with van der Waals surface area (Å²) >= 11 is 0. The van der Waals surface area contributed by atoms with Gasteiger partial charge < -0.3 is 5.32 Å². The first-order valence-electron chi connectivity index (χ1n) is 8.68. The summed E-state index contributed by atoms with van der Waals surface area (Å²) in [5, 5.41) is 2.46. The van der Waals surface area contributed by atoms with E-state index in [1.54, 1.807) is 0 Å². The van der Waals surface area contributed by atoms with Gasteiger partial charge in [-0.15, -0.1) is 0 Å². The summed E-state index contributed by atoms with van der Waals surface area (Å²) < 4.78 is 68.9. The zero-order valence-corrected chi connectivity index (χ0v) is 16.7. The summed E-state index contributed by atoms with van der Waals surface area (Å²) in [7, 11) is -4.31. The van der Waals surface area contributed by atoms with Crippen LogP contribution in [0.2, 0.25) is 0 Å². The minimum Gasteiger partial charge on any atom is -0.311 e. The lowest BCUT2D eigenvalue weighted by Crippen LogP contribution is -2.15. The van der Waals surface area contributed by atoms with Crippen molar-refractivity contribution in [1.82, 2.24) is 4.98 Å². The predicted molar refractivity (Wildman–Crippen MR) is 108 cm³/mol. The van der Waals surface area contributed by atoms with Crippen LogP contribution < -0.4 is 10.0 Å². The number of carbonyl (C=O) groups excluding carboxylic acids is 1. The number of rotatable bonds is 4. The SMILES string of the molecule is CC(=O)Nc1ccc(C#Cc2c(F)ccc(NS(=O)(=O)c3cccc(F)c3)c2F)cn1. The van der Waals surface area contributed by atoms with Gasteiger partial charge in [0, 0.05) is 18.7 Å². The molecule has 158 valence electrons. The van der Waals surface area contributed by atoms with E-state index in [4.69, 9.17) is 0 Å². The average molecular weight is 445 g/mol. The predicted octanol–water partition coefficient (Wildman–Crippen LogP) is 3.66. The minimum absolute atomic E-state index is 0.282. The van der Waals surface area contributed by atoms with Gasteiger partial charge in [0.25, 0.3) is 10.0 Å². The van der Waals surface area contributed by atoms with Crippen molar-refractivity contribution in [3.05, 3.63) is 83.3 Å². The number of benzene rings is 2. The van der Waals surface area contributed by atoms with E-state index in [9.17, 15) is 26.4 Å². The van der Waals surface area contributed by atoms with Crippen LogP contribution >= 0.6 is 0 Å². The maximum atomic E-state index is 14.8. The standard InChI is InChI=1S/C21H14F3N3O3S/c1-13(28)26-20-10-6-14(12-25-20)5-7-17-18(23)8-9-19(21(17)24)27-31(29,30)16-4-2-3-15(22)11-16/h2-4,6,8-12,27H,1H3,(H,25,26,28). The van der Waals surface area contributed by atoms with Crippen LogP contribution in [0.3, 0.4) is 0 Å². The quantitative estimate of drug-likeness (QED) is 0.600. The largest absolute Gasteiger partial charge is 0.311 e. The molecule has 0 fully saturated rings. The molecular formula is C21H14F3N3O3S. The third-order valence-electron chi connectivity index (χ3n) is 3.84. The lowest BCUT2D eigenvalue weighted by molar-refractivity contribution is -0.114. The first-order chi connectivity index (χ1) is 14.7. The van der Waals surface area contributed by atoms with Crippen molar-refractivity contribution < 1.29 is 26.4 Å². The lowest BCUT2D eigenvalue weighted by Gasteiger charge is -2.10. The molecule has 0 unspecified atom stereocenters. The van der Waals surface area contributed by atoms with Crippen molar-refractivity contribution in [2.75, 3.05) is 10.0 Å². The van der Waals surface area contributed by atoms with Gasteiger partial charge in [-0.3, -0.25) is 9.52 Å². The van der Waals surface area contributed by atoms with Crippen LogP contribution in [0.4, 0.5) is 24.7 Å². The number of sulfonamides is 1. The van der Waals surface area contributed by atoms with Gasteiger partial charge in [0.2, 0.25) is 5.91 Å². The second-order valence-corrected chi connectivity index (χ2v) is 7.89. The Morgan fingerprint density at radius 3 is 2.45 bits per heavy atom. The summed E-state index contributed by atoms with van der Waals surface area (Å²) in [6, 6.07) is 8.84. The van der Waals surface area contributed by atoms with E-state index in [2.05, 4.69) is 22.1 Å². The molecule has 0 aliphatic heterocycles. The van der Waals surface area contributed by atoms with E-state index in [0.717, 1.165) is 30.3 Å². The summed E-state index contributed by atoms with van der Waals surface area (Å²) in [6.07, 6.45) is 1.30. The number of pyridine rings is 1. The zero-order chi connectivity index (χ0) is 22.6. The van der Waals surface area contributed by atoms with Gasteiger partial charge in [-0.05, 0) is 42.5 Å². The molecule has 0 bridgehead atoms. The molecule has 0 aliphatic carbocycles. The lowest BCUT2D eigenvalue weighted by atomic mass is 10.1. The fourth-order valence-corrected chi connectivity index (χ4v) is 3.53. The Morgan fingerprint density at radius 1 is 1.03 bits per heavy atom. The molecule has 3 rings (SSSR count). The Hall–Kier alpha value is -3.84. The van der Waals surface area contributed by atoms with Gasteiger partial charge in [-0.1, -0.05) is 17.9 Å². The third-order valence-corrected chi connectivity index (χ3v) is 5.20. The number of nitrogens with one attached hydrogen (secondary N) is 2. The van der Waals surface area contributed by atoms with Gasteiger partial charge in [0.15, 0.2) is 5.82 Å². The molecule has 3 aromatic rings. The average Bonchev–Trinajstić information content (AvgIpc) is 2.71. The molecule has 0 atom stereocenters. The number of hydrogen-bond donors (Lipinski definition) is 2. The number of carbonyl (C=O) groups is 1. The number of amides is 1. The van der Waals surface area contributed by atoms with Crippen molar-refractivity contribution in [1.29, 1.82) is 0 Å². The number of anilines is 2. The molecule has 6 nitrogen and oxygen atoms in total. The van der Waals surface area contributed by atoms with Crippen LogP contribution in [0.1, 0.15) is 18.1 Å². The number of hydrogen-bond acceptors (Lipinski definition) is 4. The first-order valence-corrected chi connectivity index (χ1v) is 10.2. The van der Waals surface area contributed by atoms with Crippen molar-refractivity contribution in [3.8, 4) is 11.8 Å². The third kappa shape index (κ3) is 5.40. The molecule has 0 saturated heterocycles. The van der Waals surface area contributed by atoms with E-state index in [0.29, 0.717) is 5.56 Å². The van der Waals surface area contributed by atoms with Gasteiger partial charge in [0.05, 0.1) is 16.1 Å². The molecule has 0 aliphatic rings. The van der Waals surface area contributed by atoms with E-state index in [1.807, 2.05) is 4.72 Å². The highest BCUT2D eigenvalue weighted by atomic mass is 32.2. The molecular weight excluding hydrogens is 431 g/mol. The van der Waals surface area contributed by atoms with Gasteiger partial charge in [-0.25, -0.2) is 26.6 Å². The molecule has 1 aromatic heterocycles. The molecule has 2 N–H and O–H groups in total. The van der Waals surface area contributed by atoms with Gasteiger partial charge >= 0.3 is 0 Å². The number of halogens is 3. The van der Waals surface area contributed by atoms with Crippen LogP contribution in [0.25, 0.3) is 0 Å². The minimum atomic E-state index is -4.31. The van der Waals surface area contributed by atoms with Crippen LogP contribution in [-0.2, 0) is 14.8 Å². The second kappa shape index (κ2) is 8.89. The Kier molecular flexibility index (Phi) is 6.27. The van der Waals surface area contributed by atoms with E-state index in [1.165, 1.54) is 31.3 Å². The van der Waals surface area contributed by atoms with Crippen molar-refractivity contribution in [2.45, 2.75) is 11.8 Å². The fraction of sp³-hybridized carbons (Fsp3) is 0.0476. The monoisotopic (exact) mass is 445 g/mol. The number of nitrogens with zero attached hydrogens (tertiary/aromatic N) is 1. The molecule has 10 heteroatoms. The topological polar surface area (TPSA) is 88.2 Å². The zero-order valence-electron chi connectivity index (χ0n) is 15.9. The Balaban J connectivity index is 1.90. The van der Waals surface area contributed by atoms with Gasteiger partial charge in [-0.2, -0.15) is 0 Å². The van der Waals surface area contributed by atoms with Crippen LogP contribution in [0.5, 0.6) is 0 Å². The molecule has 1 heterocycles. The summed E-state index contributed by atoms with van der Waals surface area (Å²) in [5.41, 5.74) is -0.905. The highest BCUT2D eigenvalue weighted by molar-refractivity contribution is 7.92. The van der Waals surface area contributed by atoms with E-state index < -0.39 is 43.6 Å². The normalized spacial score (nSPS) is 10.7. The number of aromatic nitrogens is 1. The van der Waals surface area contributed by atoms with Crippen molar-refractivity contribution >= 4 is 27.4 Å². The highest BCUT2D eigenvalue weighted by Crippen LogP contribution is 2.24. The summed E-state index contributed by atoms with van der Waals surface area (Å²) in [5.74, 6) is 1.79. The molecule has 0 spiro atoms. The maximum absolute atomic E-state index is 14.8. The molecule has 0 radical (unpaired) electrons. The van der Waals surface area contributed by atoms with E-state index >= 15 is 0 Å². The summed E-state index contributed by atoms with van der Waals surface area (Å²) in [4.78, 5) is 14.5. The Labute approximate surface area is 176 Å². The first kappa shape index (κ1) is 21.9. The van der Waals surface area contributed by atoms with Crippen molar-refractivity contribution in [2.24, 2.45) is 0 Å². The van der Waals surface area contributed by atoms with Gasteiger partial charge in [0.1, 0.15) is 17.5 Å². The van der Waals surface area contributed by atoms with Crippen LogP contribution in [0, 0.1) is 29.3 Å². The molecule has 1 amide bonds.